The molecule has 6 heteroatoms. The van der Waals surface area contributed by atoms with Gasteiger partial charge in [-0.05, 0) is 32.6 Å². The first kappa shape index (κ1) is 13.9. The van der Waals surface area contributed by atoms with Gasteiger partial charge in [0.15, 0.2) is 5.16 Å². The van der Waals surface area contributed by atoms with Gasteiger partial charge >= 0.3 is 0 Å². The van der Waals surface area contributed by atoms with Crippen molar-refractivity contribution in [3.8, 4) is 0 Å². The molecule has 2 saturated carbocycles. The highest BCUT2D eigenvalue weighted by Gasteiger charge is 2.28. The fraction of sp³-hybridized carbons (Fsp3) is 0.786. The number of aromatic nitrogens is 3. The maximum Gasteiger partial charge on any atom is 0.233 e. The summed E-state index contributed by atoms with van der Waals surface area (Å²) in [4.78, 5) is 12.2. The van der Waals surface area contributed by atoms with E-state index in [9.17, 15) is 4.79 Å². The number of carbonyl (C=O) groups is 1. The molecule has 0 spiro atoms. The highest BCUT2D eigenvalue weighted by Crippen LogP contribution is 2.38. The minimum absolute atomic E-state index is 0.112. The molecule has 1 aromatic heterocycles. The average Bonchev–Trinajstić information content (AvgIpc) is 3.20. The van der Waals surface area contributed by atoms with E-state index in [1.807, 2.05) is 6.92 Å². The summed E-state index contributed by atoms with van der Waals surface area (Å²) in [6.07, 6.45) is 10.2. The first-order valence-electron chi connectivity index (χ1n) is 7.60. The normalized spacial score (nSPS) is 21.6. The Hall–Kier alpha value is -1.04. The Morgan fingerprint density at radius 1 is 1.35 bits per heavy atom. The zero-order valence-electron chi connectivity index (χ0n) is 11.9. The van der Waals surface area contributed by atoms with Gasteiger partial charge in [-0.1, -0.05) is 31.0 Å². The van der Waals surface area contributed by atoms with Crippen molar-refractivity contribution >= 4 is 17.7 Å². The van der Waals surface area contributed by atoms with Crippen LogP contribution in [-0.2, 0) is 4.79 Å². The number of hydrogen-bond donors (Lipinski definition) is 1. The van der Waals surface area contributed by atoms with Crippen molar-refractivity contribution < 1.29 is 4.79 Å². The quantitative estimate of drug-likeness (QED) is 0.848. The molecule has 1 aromatic rings. The molecule has 1 amide bonds. The summed E-state index contributed by atoms with van der Waals surface area (Å²) in [7, 11) is 0. The Morgan fingerprint density at radius 2 is 2.10 bits per heavy atom. The van der Waals surface area contributed by atoms with Crippen LogP contribution in [0.1, 0.15) is 57.9 Å². The third-order valence-corrected chi connectivity index (χ3v) is 5.15. The topological polar surface area (TPSA) is 59.8 Å². The van der Waals surface area contributed by atoms with Crippen molar-refractivity contribution in [1.82, 2.24) is 20.1 Å². The molecule has 1 N–H and O–H groups in total. The molecular weight excluding hydrogens is 272 g/mol. The SMILES string of the molecule is CC(Sc1nncn1C1CC1)C(=O)NC1CCCCC1. The summed E-state index contributed by atoms with van der Waals surface area (Å²) < 4.78 is 2.11. The third-order valence-electron chi connectivity index (χ3n) is 4.08. The molecule has 0 radical (unpaired) electrons. The maximum atomic E-state index is 12.2. The molecule has 2 fully saturated rings. The van der Waals surface area contributed by atoms with Crippen LogP contribution in [0, 0.1) is 0 Å². The predicted octanol–water partition coefficient (Wildman–Crippen LogP) is 2.54. The molecule has 0 saturated heterocycles. The van der Waals surface area contributed by atoms with Gasteiger partial charge in [-0.2, -0.15) is 0 Å². The number of amides is 1. The zero-order valence-corrected chi connectivity index (χ0v) is 12.7. The van der Waals surface area contributed by atoms with Crippen LogP contribution in [0.25, 0.3) is 0 Å². The van der Waals surface area contributed by atoms with Crippen molar-refractivity contribution in [2.24, 2.45) is 0 Å². The monoisotopic (exact) mass is 294 g/mol. The fourth-order valence-corrected chi connectivity index (χ4v) is 3.60. The number of nitrogens with one attached hydrogen (secondary N) is 1. The summed E-state index contributed by atoms with van der Waals surface area (Å²) >= 11 is 1.52. The van der Waals surface area contributed by atoms with Gasteiger partial charge in [0.25, 0.3) is 0 Å². The first-order chi connectivity index (χ1) is 9.74. The average molecular weight is 294 g/mol. The molecule has 1 unspecified atom stereocenters. The van der Waals surface area contributed by atoms with Gasteiger partial charge in [0, 0.05) is 12.1 Å². The van der Waals surface area contributed by atoms with Crippen molar-refractivity contribution in [1.29, 1.82) is 0 Å². The molecule has 0 aliphatic heterocycles. The lowest BCUT2D eigenvalue weighted by Crippen LogP contribution is -2.40. The predicted molar refractivity (Wildman–Crippen MR) is 78.6 cm³/mol. The lowest BCUT2D eigenvalue weighted by Gasteiger charge is -2.24. The van der Waals surface area contributed by atoms with E-state index in [1.54, 1.807) is 6.33 Å². The van der Waals surface area contributed by atoms with Crippen LogP contribution >= 0.6 is 11.8 Å². The molecule has 20 heavy (non-hydrogen) atoms. The summed E-state index contributed by atoms with van der Waals surface area (Å²) in [6, 6.07) is 0.932. The van der Waals surface area contributed by atoms with E-state index in [-0.39, 0.29) is 11.2 Å². The van der Waals surface area contributed by atoms with E-state index in [2.05, 4.69) is 20.1 Å². The van der Waals surface area contributed by atoms with Crippen LogP contribution in [0.5, 0.6) is 0 Å². The molecule has 1 heterocycles. The number of thioether (sulfide) groups is 1. The molecule has 2 aliphatic carbocycles. The van der Waals surface area contributed by atoms with E-state index >= 15 is 0 Å². The third kappa shape index (κ3) is 3.34. The van der Waals surface area contributed by atoms with E-state index in [4.69, 9.17) is 0 Å². The fourth-order valence-electron chi connectivity index (χ4n) is 2.70. The summed E-state index contributed by atoms with van der Waals surface area (Å²) in [5, 5.41) is 12.1. The van der Waals surface area contributed by atoms with E-state index < -0.39 is 0 Å². The van der Waals surface area contributed by atoms with Crippen LogP contribution in [0.3, 0.4) is 0 Å². The summed E-state index contributed by atoms with van der Waals surface area (Å²) in [5.41, 5.74) is 0. The molecule has 5 nitrogen and oxygen atoms in total. The standard InChI is InChI=1S/C14H22N4OS/c1-10(13(19)16-11-5-3-2-4-6-11)20-14-17-15-9-18(14)12-7-8-12/h9-12H,2-8H2,1H3,(H,16,19). The van der Waals surface area contributed by atoms with Crippen LogP contribution in [0.2, 0.25) is 0 Å². The van der Waals surface area contributed by atoms with Crippen LogP contribution in [0.4, 0.5) is 0 Å². The van der Waals surface area contributed by atoms with Gasteiger partial charge < -0.3 is 9.88 Å². The van der Waals surface area contributed by atoms with Crippen molar-refractivity contribution in [3.05, 3.63) is 6.33 Å². The second kappa shape index (κ2) is 6.16. The van der Waals surface area contributed by atoms with E-state index in [1.165, 1.54) is 43.9 Å². The number of nitrogens with zero attached hydrogens (tertiary/aromatic N) is 3. The minimum atomic E-state index is -0.112. The Morgan fingerprint density at radius 3 is 2.80 bits per heavy atom. The van der Waals surface area contributed by atoms with Crippen molar-refractivity contribution in [2.75, 3.05) is 0 Å². The van der Waals surface area contributed by atoms with E-state index in [0.717, 1.165) is 18.0 Å². The molecule has 2 aliphatic rings. The summed E-state index contributed by atoms with van der Waals surface area (Å²) in [5.74, 6) is 0.132. The Labute approximate surface area is 123 Å². The molecular formula is C14H22N4OS. The van der Waals surface area contributed by atoms with Crippen LogP contribution < -0.4 is 5.32 Å². The maximum absolute atomic E-state index is 12.2. The molecule has 3 rings (SSSR count). The largest absolute Gasteiger partial charge is 0.352 e. The van der Waals surface area contributed by atoms with Gasteiger partial charge in [0.05, 0.1) is 5.25 Å². The van der Waals surface area contributed by atoms with Gasteiger partial charge in [0.1, 0.15) is 6.33 Å². The highest BCUT2D eigenvalue weighted by molar-refractivity contribution is 8.00. The lowest BCUT2D eigenvalue weighted by atomic mass is 9.95. The van der Waals surface area contributed by atoms with Gasteiger partial charge in [-0.3, -0.25) is 4.79 Å². The molecule has 0 aromatic carbocycles. The van der Waals surface area contributed by atoms with E-state index in [0.29, 0.717) is 12.1 Å². The number of rotatable bonds is 5. The van der Waals surface area contributed by atoms with Gasteiger partial charge in [-0.15, -0.1) is 10.2 Å². The lowest BCUT2D eigenvalue weighted by molar-refractivity contribution is -0.121. The van der Waals surface area contributed by atoms with Crippen LogP contribution in [0.15, 0.2) is 11.5 Å². The first-order valence-corrected chi connectivity index (χ1v) is 8.48. The Kier molecular flexibility index (Phi) is 4.29. The van der Waals surface area contributed by atoms with Crippen molar-refractivity contribution in [2.45, 2.75) is 74.4 Å². The summed E-state index contributed by atoms with van der Waals surface area (Å²) in [6.45, 7) is 1.95. The zero-order chi connectivity index (χ0) is 13.9. The number of hydrogen-bond acceptors (Lipinski definition) is 4. The smallest absolute Gasteiger partial charge is 0.233 e. The van der Waals surface area contributed by atoms with Gasteiger partial charge in [-0.25, -0.2) is 0 Å². The second-order valence-corrected chi connectivity index (χ2v) is 7.16. The molecule has 0 bridgehead atoms. The van der Waals surface area contributed by atoms with Crippen LogP contribution in [-0.4, -0.2) is 32.0 Å². The van der Waals surface area contributed by atoms with Crippen molar-refractivity contribution in [3.63, 3.8) is 0 Å². The molecule has 1 atom stereocenters. The molecule has 110 valence electrons. The minimum Gasteiger partial charge on any atom is -0.352 e. The number of carbonyl (C=O) groups excluding carboxylic acids is 1. The highest BCUT2D eigenvalue weighted by atomic mass is 32.2. The second-order valence-electron chi connectivity index (χ2n) is 5.86. The Bertz CT molecular complexity index is 465. The van der Waals surface area contributed by atoms with Gasteiger partial charge in [0.2, 0.25) is 5.91 Å². The Balaban J connectivity index is 1.53.